The van der Waals surface area contributed by atoms with Crippen molar-refractivity contribution in [2.45, 2.75) is 13.8 Å². The fourth-order valence-corrected chi connectivity index (χ4v) is 2.88. The number of nitrogens with zero attached hydrogens (tertiary/aromatic N) is 2. The van der Waals surface area contributed by atoms with Crippen molar-refractivity contribution in [1.82, 2.24) is 9.97 Å². The number of hydrogen-bond acceptors (Lipinski definition) is 5. The monoisotopic (exact) mass is 313 g/mol. The van der Waals surface area contributed by atoms with Crippen LogP contribution in [0.4, 0.5) is 5.13 Å². The maximum atomic E-state index is 11.9. The quantitative estimate of drug-likeness (QED) is 0.788. The van der Waals surface area contributed by atoms with Gasteiger partial charge in [-0.3, -0.25) is 9.78 Å². The summed E-state index contributed by atoms with van der Waals surface area (Å²) in [5, 5.41) is 3.41. The molecule has 6 heteroatoms. The highest BCUT2D eigenvalue weighted by molar-refractivity contribution is 7.19. The molecule has 0 radical (unpaired) electrons. The van der Waals surface area contributed by atoms with Crippen molar-refractivity contribution < 1.29 is 9.21 Å². The van der Waals surface area contributed by atoms with Crippen LogP contribution < -0.4 is 5.32 Å². The van der Waals surface area contributed by atoms with Gasteiger partial charge in [-0.2, -0.15) is 0 Å². The third kappa shape index (κ3) is 2.92. The summed E-state index contributed by atoms with van der Waals surface area (Å²) >= 11 is 1.43. The maximum Gasteiger partial charge on any atom is 0.228 e. The van der Waals surface area contributed by atoms with Crippen LogP contribution in [-0.2, 0) is 4.79 Å². The van der Waals surface area contributed by atoms with Gasteiger partial charge in [-0.05, 0) is 29.8 Å². The molecule has 0 aliphatic carbocycles. The predicted molar refractivity (Wildman–Crippen MR) is 86.5 cm³/mol. The number of rotatable bonds is 4. The number of thiazole rings is 1. The average molecular weight is 313 g/mol. The molecule has 3 rings (SSSR count). The predicted octanol–water partition coefficient (Wildman–Crippen LogP) is 4.06. The highest BCUT2D eigenvalue weighted by Gasteiger charge is 2.18. The summed E-state index contributed by atoms with van der Waals surface area (Å²) in [5.74, 6) is 0.523. The standard InChI is InChI=1S/C16H15N3O2S/c1-10(2)15(20)19-16-18-13(12-4-3-9-21-12)14(22-16)11-5-7-17-8-6-11/h3-10H,1-2H3,(H,18,19,20). The Morgan fingerprint density at radius 2 is 2.05 bits per heavy atom. The highest BCUT2D eigenvalue weighted by atomic mass is 32.1. The van der Waals surface area contributed by atoms with Crippen LogP contribution in [0.2, 0.25) is 0 Å². The molecule has 0 saturated carbocycles. The number of carbonyl (C=O) groups is 1. The van der Waals surface area contributed by atoms with Gasteiger partial charge in [0.1, 0.15) is 5.69 Å². The van der Waals surface area contributed by atoms with E-state index >= 15 is 0 Å². The Morgan fingerprint density at radius 3 is 2.68 bits per heavy atom. The molecule has 0 aliphatic heterocycles. The Hall–Kier alpha value is -2.47. The van der Waals surface area contributed by atoms with Crippen LogP contribution in [0, 0.1) is 5.92 Å². The van der Waals surface area contributed by atoms with Gasteiger partial charge in [0.25, 0.3) is 0 Å². The minimum atomic E-state index is -0.0969. The molecular weight excluding hydrogens is 298 g/mol. The van der Waals surface area contributed by atoms with E-state index in [2.05, 4.69) is 15.3 Å². The fraction of sp³-hybridized carbons (Fsp3) is 0.188. The van der Waals surface area contributed by atoms with E-state index in [-0.39, 0.29) is 11.8 Å². The molecule has 0 unspecified atom stereocenters. The fourth-order valence-electron chi connectivity index (χ4n) is 1.90. The molecule has 3 aromatic rings. The number of amides is 1. The lowest BCUT2D eigenvalue weighted by atomic mass is 10.2. The first-order valence-electron chi connectivity index (χ1n) is 6.91. The molecule has 22 heavy (non-hydrogen) atoms. The van der Waals surface area contributed by atoms with Crippen LogP contribution in [0.25, 0.3) is 21.9 Å². The smallest absolute Gasteiger partial charge is 0.228 e. The zero-order valence-electron chi connectivity index (χ0n) is 12.2. The molecule has 3 aromatic heterocycles. The van der Waals surface area contributed by atoms with E-state index < -0.39 is 0 Å². The topological polar surface area (TPSA) is 68.0 Å². The number of carbonyl (C=O) groups excluding carboxylic acids is 1. The molecule has 3 heterocycles. The van der Waals surface area contributed by atoms with E-state index in [9.17, 15) is 4.79 Å². The minimum absolute atomic E-state index is 0.0546. The lowest BCUT2D eigenvalue weighted by Crippen LogP contribution is -2.17. The Balaban J connectivity index is 2.04. The summed E-state index contributed by atoms with van der Waals surface area (Å²) in [5.41, 5.74) is 1.71. The number of nitrogens with one attached hydrogen (secondary N) is 1. The summed E-state index contributed by atoms with van der Waals surface area (Å²) in [6.45, 7) is 3.69. The summed E-state index contributed by atoms with van der Waals surface area (Å²) in [6.07, 6.45) is 5.07. The number of hydrogen-bond donors (Lipinski definition) is 1. The van der Waals surface area contributed by atoms with E-state index in [0.717, 1.165) is 16.1 Å². The second kappa shape index (κ2) is 6.11. The number of anilines is 1. The third-order valence-corrected chi connectivity index (χ3v) is 4.10. The Kier molecular flexibility index (Phi) is 4.02. The van der Waals surface area contributed by atoms with Crippen LogP contribution in [-0.4, -0.2) is 15.9 Å². The van der Waals surface area contributed by atoms with E-state index in [4.69, 9.17) is 4.42 Å². The first-order chi connectivity index (χ1) is 10.6. The van der Waals surface area contributed by atoms with Gasteiger partial charge in [0.05, 0.1) is 11.1 Å². The molecule has 1 N–H and O–H groups in total. The van der Waals surface area contributed by atoms with Gasteiger partial charge < -0.3 is 9.73 Å². The number of furan rings is 1. The SMILES string of the molecule is CC(C)C(=O)Nc1nc(-c2ccco2)c(-c2ccncc2)s1. The highest BCUT2D eigenvalue weighted by Crippen LogP contribution is 2.39. The molecule has 0 spiro atoms. The lowest BCUT2D eigenvalue weighted by molar-refractivity contribution is -0.118. The largest absolute Gasteiger partial charge is 0.463 e. The third-order valence-electron chi connectivity index (χ3n) is 3.08. The minimum Gasteiger partial charge on any atom is -0.463 e. The van der Waals surface area contributed by atoms with Crippen LogP contribution in [0.1, 0.15) is 13.8 Å². The van der Waals surface area contributed by atoms with Crippen molar-refractivity contribution >= 4 is 22.4 Å². The van der Waals surface area contributed by atoms with E-state index in [1.807, 2.05) is 38.1 Å². The van der Waals surface area contributed by atoms with Crippen molar-refractivity contribution in [2.24, 2.45) is 5.92 Å². The second-order valence-electron chi connectivity index (χ2n) is 5.05. The van der Waals surface area contributed by atoms with Crippen molar-refractivity contribution in [3.8, 4) is 21.9 Å². The number of aromatic nitrogens is 2. The van der Waals surface area contributed by atoms with Gasteiger partial charge in [-0.15, -0.1) is 0 Å². The van der Waals surface area contributed by atoms with Crippen molar-refractivity contribution in [3.63, 3.8) is 0 Å². The van der Waals surface area contributed by atoms with Crippen LogP contribution in [0.5, 0.6) is 0 Å². The van der Waals surface area contributed by atoms with Crippen molar-refractivity contribution in [3.05, 3.63) is 42.9 Å². The molecule has 0 atom stereocenters. The van der Waals surface area contributed by atoms with Gasteiger partial charge in [0, 0.05) is 18.3 Å². The summed E-state index contributed by atoms with van der Waals surface area (Å²) in [4.78, 5) is 21.4. The van der Waals surface area contributed by atoms with Gasteiger partial charge in [0.2, 0.25) is 5.91 Å². The molecule has 0 saturated heterocycles. The van der Waals surface area contributed by atoms with Crippen LogP contribution in [0.3, 0.4) is 0 Å². The zero-order valence-corrected chi connectivity index (χ0v) is 13.1. The Labute approximate surface area is 132 Å². The first-order valence-corrected chi connectivity index (χ1v) is 7.73. The van der Waals surface area contributed by atoms with E-state index in [1.54, 1.807) is 18.7 Å². The molecule has 1 amide bonds. The molecule has 0 aromatic carbocycles. The van der Waals surface area contributed by atoms with Crippen molar-refractivity contribution in [1.29, 1.82) is 0 Å². The molecular formula is C16H15N3O2S. The lowest BCUT2D eigenvalue weighted by Gasteiger charge is -2.03. The average Bonchev–Trinajstić information content (AvgIpc) is 3.16. The van der Waals surface area contributed by atoms with Gasteiger partial charge >= 0.3 is 0 Å². The first kappa shape index (κ1) is 14.5. The summed E-state index contributed by atoms with van der Waals surface area (Å²) in [6, 6.07) is 7.49. The molecule has 0 bridgehead atoms. The van der Waals surface area contributed by atoms with Crippen molar-refractivity contribution in [2.75, 3.05) is 5.32 Å². The molecule has 0 fully saturated rings. The Morgan fingerprint density at radius 1 is 1.27 bits per heavy atom. The van der Waals surface area contributed by atoms with Gasteiger partial charge in [-0.1, -0.05) is 25.2 Å². The van der Waals surface area contributed by atoms with Gasteiger partial charge in [-0.25, -0.2) is 4.98 Å². The summed E-state index contributed by atoms with van der Waals surface area (Å²) < 4.78 is 5.46. The summed E-state index contributed by atoms with van der Waals surface area (Å²) in [7, 11) is 0. The maximum absolute atomic E-state index is 11.9. The van der Waals surface area contributed by atoms with E-state index in [1.165, 1.54) is 11.3 Å². The molecule has 5 nitrogen and oxygen atoms in total. The van der Waals surface area contributed by atoms with Crippen LogP contribution >= 0.6 is 11.3 Å². The second-order valence-corrected chi connectivity index (χ2v) is 6.05. The van der Waals surface area contributed by atoms with Crippen LogP contribution in [0.15, 0.2) is 47.3 Å². The normalized spacial score (nSPS) is 10.9. The Bertz CT molecular complexity index is 764. The zero-order chi connectivity index (χ0) is 15.5. The molecule has 112 valence electrons. The van der Waals surface area contributed by atoms with E-state index in [0.29, 0.717) is 10.9 Å². The van der Waals surface area contributed by atoms with Gasteiger partial charge in [0.15, 0.2) is 10.9 Å². The molecule has 0 aliphatic rings. The number of pyridine rings is 1.